The summed E-state index contributed by atoms with van der Waals surface area (Å²) in [5, 5.41) is 2.28. The summed E-state index contributed by atoms with van der Waals surface area (Å²) in [6.45, 7) is 4.38. The maximum atomic E-state index is 16.8. The summed E-state index contributed by atoms with van der Waals surface area (Å²) in [6.07, 6.45) is 1.73. The Bertz CT molecular complexity index is 2540. The van der Waals surface area contributed by atoms with Gasteiger partial charge in [0, 0.05) is 28.3 Å². The number of halogens is 1. The quantitative estimate of drug-likeness (QED) is 0.125. The van der Waals surface area contributed by atoms with Gasteiger partial charge in [0.1, 0.15) is 5.82 Å². The van der Waals surface area contributed by atoms with Crippen molar-refractivity contribution in [3.8, 4) is 0 Å². The summed E-state index contributed by atoms with van der Waals surface area (Å²) >= 11 is 0. The van der Waals surface area contributed by atoms with Crippen LogP contribution in [-0.2, 0) is 12.8 Å². The number of aryl methyl sites for hydroxylation is 2. The Morgan fingerprint density at radius 2 is 0.789 bits per heavy atom. The van der Waals surface area contributed by atoms with Crippen molar-refractivity contribution in [2.45, 2.75) is 38.5 Å². The molecule has 0 spiro atoms. The van der Waals surface area contributed by atoms with E-state index in [0.717, 1.165) is 90.9 Å². The highest BCUT2D eigenvalue weighted by molar-refractivity contribution is 6.61. The van der Waals surface area contributed by atoms with Gasteiger partial charge < -0.3 is 0 Å². The maximum absolute atomic E-state index is 16.8. The van der Waals surface area contributed by atoms with Crippen LogP contribution in [0.25, 0.3) is 10.8 Å². The normalized spacial score (nSPS) is 13.7. The van der Waals surface area contributed by atoms with Crippen LogP contribution in [-0.4, -0.2) is 11.4 Å². The molecule has 0 aromatic heterocycles. The van der Waals surface area contributed by atoms with Crippen LogP contribution < -0.4 is 0 Å². The van der Waals surface area contributed by atoms with Crippen molar-refractivity contribution >= 4 is 33.6 Å². The van der Waals surface area contributed by atoms with Crippen LogP contribution in [0.1, 0.15) is 81.3 Å². The highest BCUT2D eigenvalue weighted by Gasteiger charge is 2.32. The summed E-state index contributed by atoms with van der Waals surface area (Å²) in [5.41, 5.74) is 13.7. The molecule has 8 aromatic carbocycles. The predicted octanol–water partition coefficient (Wildman–Crippen LogP) is 13.7. The zero-order valence-electron chi connectivity index (χ0n) is 32.2. The number of aliphatic imine (C=N–C) groups is 2. The van der Waals surface area contributed by atoms with E-state index < -0.39 is 0 Å². The molecule has 0 radical (unpaired) electrons. The number of nitrogens with zero attached hydrogens (tertiary/aromatic N) is 2. The molecule has 0 heterocycles. The third-order valence-electron chi connectivity index (χ3n) is 11.3. The molecule has 3 heteroatoms. The first-order valence-electron chi connectivity index (χ1n) is 20.0. The lowest BCUT2D eigenvalue weighted by molar-refractivity contribution is 0.622. The Morgan fingerprint density at radius 1 is 0.421 bits per heavy atom. The lowest BCUT2D eigenvalue weighted by Crippen LogP contribution is -2.14. The Kier molecular flexibility index (Phi) is 9.97. The first-order valence-corrected chi connectivity index (χ1v) is 20.0. The minimum Gasteiger partial charge on any atom is -0.246 e. The van der Waals surface area contributed by atoms with Gasteiger partial charge in [0.05, 0.1) is 22.8 Å². The molecule has 1 aliphatic rings. The van der Waals surface area contributed by atoms with E-state index in [9.17, 15) is 0 Å². The second-order valence-corrected chi connectivity index (χ2v) is 14.7. The summed E-state index contributed by atoms with van der Waals surface area (Å²) in [7, 11) is 0. The van der Waals surface area contributed by atoms with Crippen LogP contribution in [0, 0.1) is 5.82 Å². The number of benzene rings is 8. The molecule has 9 rings (SSSR count). The highest BCUT2D eigenvalue weighted by Crippen LogP contribution is 2.46. The molecular formula is C54H43FN2. The minimum absolute atomic E-state index is 0.298. The van der Waals surface area contributed by atoms with Crippen LogP contribution in [0.5, 0.6) is 0 Å². The van der Waals surface area contributed by atoms with Crippen LogP contribution >= 0.6 is 0 Å². The van der Waals surface area contributed by atoms with E-state index >= 15 is 4.39 Å². The van der Waals surface area contributed by atoms with Gasteiger partial charge in [-0.2, -0.15) is 0 Å². The summed E-state index contributed by atoms with van der Waals surface area (Å²) < 4.78 is 16.8. The van der Waals surface area contributed by atoms with Gasteiger partial charge in [0.25, 0.3) is 0 Å². The van der Waals surface area contributed by atoms with E-state index in [1.807, 2.05) is 24.3 Å². The third kappa shape index (κ3) is 6.80. The molecule has 0 fully saturated rings. The first-order chi connectivity index (χ1) is 28.1. The molecule has 57 heavy (non-hydrogen) atoms. The van der Waals surface area contributed by atoms with Crippen LogP contribution in [0.2, 0.25) is 0 Å². The molecule has 0 amide bonds. The third-order valence-corrected chi connectivity index (χ3v) is 11.3. The van der Waals surface area contributed by atoms with Crippen molar-refractivity contribution in [2.75, 3.05) is 0 Å². The van der Waals surface area contributed by atoms with Crippen LogP contribution in [0.4, 0.5) is 15.8 Å². The van der Waals surface area contributed by atoms with Crippen molar-refractivity contribution in [2.24, 2.45) is 9.98 Å². The number of hydrogen-bond donors (Lipinski definition) is 0. The average molecular weight is 739 g/mol. The number of para-hydroxylation sites is 1. The summed E-state index contributed by atoms with van der Waals surface area (Å²) in [4.78, 5) is 11.5. The van der Waals surface area contributed by atoms with Gasteiger partial charge in [-0.3, -0.25) is 0 Å². The fourth-order valence-electron chi connectivity index (χ4n) is 8.70. The number of hydrogen-bond acceptors (Lipinski definition) is 2. The van der Waals surface area contributed by atoms with Crippen molar-refractivity contribution < 1.29 is 4.39 Å². The largest absolute Gasteiger partial charge is 0.246 e. The zero-order valence-corrected chi connectivity index (χ0v) is 32.2. The van der Waals surface area contributed by atoms with E-state index in [1.54, 1.807) is 12.1 Å². The van der Waals surface area contributed by atoms with Crippen LogP contribution in [0.15, 0.2) is 198 Å². The van der Waals surface area contributed by atoms with Crippen LogP contribution in [0.3, 0.4) is 0 Å². The Labute approximate surface area is 334 Å². The fraction of sp³-hybridized carbons (Fsp3) is 0.111. The topological polar surface area (TPSA) is 24.7 Å². The van der Waals surface area contributed by atoms with E-state index in [0.29, 0.717) is 0 Å². The molecule has 0 atom stereocenters. The van der Waals surface area contributed by atoms with Gasteiger partial charge in [0.2, 0.25) is 0 Å². The molecule has 0 N–H and O–H groups in total. The van der Waals surface area contributed by atoms with E-state index in [2.05, 4.69) is 166 Å². The second-order valence-electron chi connectivity index (χ2n) is 14.7. The molecule has 0 saturated carbocycles. The SMILES string of the molecule is CCc1cccc(CC)c1N=C1C(=Nc2c(C(c3ccccc3)c3ccccc3)cc(F)cc2C(c2ccccc2)c2ccccc2)c2cccc3cccc1c23. The molecular weight excluding hydrogens is 696 g/mol. The Hall–Kier alpha value is -6.71. The van der Waals surface area contributed by atoms with Crippen molar-refractivity contribution in [3.05, 3.63) is 250 Å². The van der Waals surface area contributed by atoms with Gasteiger partial charge >= 0.3 is 0 Å². The summed E-state index contributed by atoms with van der Waals surface area (Å²) in [6, 6.07) is 64.5. The van der Waals surface area contributed by atoms with Crippen molar-refractivity contribution in [1.29, 1.82) is 0 Å². The zero-order chi connectivity index (χ0) is 38.7. The highest BCUT2D eigenvalue weighted by atomic mass is 19.1. The average Bonchev–Trinajstić information content (AvgIpc) is 3.56. The molecule has 0 aliphatic heterocycles. The van der Waals surface area contributed by atoms with Gasteiger partial charge in [-0.1, -0.05) is 190 Å². The maximum Gasteiger partial charge on any atom is 0.123 e. The van der Waals surface area contributed by atoms with E-state index in [1.165, 1.54) is 11.1 Å². The molecule has 8 aromatic rings. The lowest BCUT2D eigenvalue weighted by Gasteiger charge is -2.26. The van der Waals surface area contributed by atoms with E-state index in [-0.39, 0.29) is 17.7 Å². The van der Waals surface area contributed by atoms with Gasteiger partial charge in [-0.25, -0.2) is 14.4 Å². The summed E-state index contributed by atoms with van der Waals surface area (Å²) in [5.74, 6) is -0.908. The smallest absolute Gasteiger partial charge is 0.123 e. The number of rotatable bonds is 10. The predicted molar refractivity (Wildman–Crippen MR) is 236 cm³/mol. The lowest BCUT2D eigenvalue weighted by atomic mass is 9.79. The standard InChI is InChI=1S/C54H43FN2/c1-3-36-28-17-29-37(4-2)51(36)56-53-44-32-18-30-42-31-19-33-45(50(42)44)54(53)57-52-46(48(38-20-9-5-10-21-38)39-22-11-6-12-23-39)34-43(55)35-47(52)49(40-24-13-7-14-25-40)41-26-15-8-16-27-41/h5-35,48-49H,3-4H2,1-2H3. The molecule has 0 bridgehead atoms. The second kappa shape index (κ2) is 15.8. The van der Waals surface area contributed by atoms with Crippen molar-refractivity contribution in [1.82, 2.24) is 0 Å². The van der Waals surface area contributed by atoms with Gasteiger partial charge in [0.15, 0.2) is 0 Å². The van der Waals surface area contributed by atoms with Gasteiger partial charge in [-0.05, 0) is 74.9 Å². The molecule has 0 unspecified atom stereocenters. The van der Waals surface area contributed by atoms with E-state index in [4.69, 9.17) is 9.98 Å². The Balaban J connectivity index is 1.42. The molecule has 1 aliphatic carbocycles. The molecule has 0 saturated heterocycles. The monoisotopic (exact) mass is 738 g/mol. The fourth-order valence-corrected chi connectivity index (χ4v) is 8.70. The van der Waals surface area contributed by atoms with Crippen molar-refractivity contribution in [3.63, 3.8) is 0 Å². The first kappa shape index (κ1) is 36.0. The Morgan fingerprint density at radius 3 is 1.18 bits per heavy atom. The molecule has 276 valence electrons. The van der Waals surface area contributed by atoms with Gasteiger partial charge in [-0.15, -0.1) is 0 Å². The molecule has 2 nitrogen and oxygen atoms in total. The minimum atomic E-state index is -0.305.